The molecule has 3 heterocycles. The minimum absolute atomic E-state index is 0.0485. The number of hydrogen-bond donors (Lipinski definition) is 0. The van der Waals surface area contributed by atoms with E-state index in [4.69, 9.17) is 9.47 Å². The molecule has 27 heavy (non-hydrogen) atoms. The van der Waals surface area contributed by atoms with Gasteiger partial charge >= 0.3 is 12.3 Å². The van der Waals surface area contributed by atoms with Gasteiger partial charge in [0.25, 0.3) is 0 Å². The van der Waals surface area contributed by atoms with Crippen LogP contribution in [-0.4, -0.2) is 53.4 Å². The summed E-state index contributed by atoms with van der Waals surface area (Å²) in [5.41, 5.74) is -0.977. The van der Waals surface area contributed by atoms with E-state index in [0.29, 0.717) is 31.0 Å². The molecule has 0 radical (unpaired) electrons. The van der Waals surface area contributed by atoms with Crippen LogP contribution in [0, 0.1) is 0 Å². The fraction of sp³-hybridized carbons (Fsp3) is 0.667. The Morgan fingerprint density at radius 2 is 2.00 bits per heavy atom. The molecule has 0 aromatic carbocycles. The van der Waals surface area contributed by atoms with Crippen molar-refractivity contribution >= 4 is 11.9 Å². The number of rotatable bonds is 0. The second-order valence-corrected chi connectivity index (χ2v) is 7.91. The van der Waals surface area contributed by atoms with Gasteiger partial charge in [0.05, 0.1) is 24.3 Å². The van der Waals surface area contributed by atoms with Gasteiger partial charge in [-0.25, -0.2) is 9.78 Å². The third-order valence-corrected chi connectivity index (χ3v) is 4.66. The highest BCUT2D eigenvalue weighted by Crippen LogP contribution is 2.35. The van der Waals surface area contributed by atoms with Crippen LogP contribution in [0.4, 0.5) is 23.8 Å². The molecule has 150 valence electrons. The lowest BCUT2D eigenvalue weighted by molar-refractivity contribution is -0.137. The van der Waals surface area contributed by atoms with E-state index in [1.165, 1.54) is 0 Å². The van der Waals surface area contributed by atoms with E-state index in [1.54, 1.807) is 25.7 Å². The Bertz CT molecular complexity index is 718. The molecule has 1 fully saturated rings. The van der Waals surface area contributed by atoms with E-state index < -0.39 is 23.4 Å². The monoisotopic (exact) mass is 387 g/mol. The number of carbonyl (C=O) groups excluding carboxylic acids is 1. The largest absolute Gasteiger partial charge is 0.444 e. The average Bonchev–Trinajstić information content (AvgIpc) is 2.69. The highest BCUT2D eigenvalue weighted by molar-refractivity contribution is 5.69. The number of anilines is 1. The summed E-state index contributed by atoms with van der Waals surface area (Å²) in [6.45, 7) is 8.52. The van der Waals surface area contributed by atoms with Crippen LogP contribution in [0.2, 0.25) is 0 Å². The van der Waals surface area contributed by atoms with Crippen LogP contribution in [0.1, 0.15) is 38.8 Å². The molecule has 2 aliphatic heterocycles. The van der Waals surface area contributed by atoms with Crippen molar-refractivity contribution in [1.29, 1.82) is 0 Å². The molecular formula is C18H24F3N3O3. The number of fused-ring (bicyclic) bond motifs is 3. The summed E-state index contributed by atoms with van der Waals surface area (Å²) in [6, 6.07) is 0.884. The van der Waals surface area contributed by atoms with E-state index in [0.717, 1.165) is 12.3 Å². The van der Waals surface area contributed by atoms with Crippen molar-refractivity contribution in [2.45, 2.75) is 58.2 Å². The summed E-state index contributed by atoms with van der Waals surface area (Å²) in [4.78, 5) is 20.0. The predicted octanol–water partition coefficient (Wildman–Crippen LogP) is 3.44. The van der Waals surface area contributed by atoms with Gasteiger partial charge in [0.2, 0.25) is 0 Å². The summed E-state index contributed by atoms with van der Waals surface area (Å²) < 4.78 is 50.2. The molecule has 2 aliphatic rings. The summed E-state index contributed by atoms with van der Waals surface area (Å²) in [6.07, 6.45) is -4.28. The van der Waals surface area contributed by atoms with Gasteiger partial charge in [0.15, 0.2) is 0 Å². The van der Waals surface area contributed by atoms with Gasteiger partial charge in [-0.3, -0.25) is 0 Å². The third-order valence-electron chi connectivity index (χ3n) is 4.66. The van der Waals surface area contributed by atoms with E-state index in [1.807, 2.05) is 11.8 Å². The molecule has 0 unspecified atom stereocenters. The van der Waals surface area contributed by atoms with Crippen LogP contribution in [0.25, 0.3) is 0 Å². The summed E-state index contributed by atoms with van der Waals surface area (Å²) in [5.74, 6) is 0.487. The SMILES string of the molecule is C[C@H]1OCc2cc(C(F)(F)F)cnc2N2CCN(C(=O)OC(C)(C)C)C[C@H]12. The van der Waals surface area contributed by atoms with Gasteiger partial charge in [0, 0.05) is 31.4 Å². The number of hydrogen-bond acceptors (Lipinski definition) is 5. The van der Waals surface area contributed by atoms with E-state index >= 15 is 0 Å². The molecule has 0 N–H and O–H groups in total. The molecular weight excluding hydrogens is 363 g/mol. The molecule has 1 aromatic rings. The Balaban J connectivity index is 1.84. The number of pyridine rings is 1. The molecule has 0 spiro atoms. The molecule has 0 bridgehead atoms. The van der Waals surface area contributed by atoms with Gasteiger partial charge in [-0.2, -0.15) is 13.2 Å². The van der Waals surface area contributed by atoms with Crippen LogP contribution in [-0.2, 0) is 22.3 Å². The molecule has 6 nitrogen and oxygen atoms in total. The Hall–Kier alpha value is -2.03. The smallest absolute Gasteiger partial charge is 0.417 e. The maximum Gasteiger partial charge on any atom is 0.417 e. The maximum absolute atomic E-state index is 13.0. The van der Waals surface area contributed by atoms with E-state index in [-0.39, 0.29) is 18.8 Å². The highest BCUT2D eigenvalue weighted by Gasteiger charge is 2.39. The molecule has 9 heteroatoms. The van der Waals surface area contributed by atoms with Crippen molar-refractivity contribution in [1.82, 2.24) is 9.88 Å². The highest BCUT2D eigenvalue weighted by atomic mass is 19.4. The zero-order valence-electron chi connectivity index (χ0n) is 15.8. The van der Waals surface area contributed by atoms with Crippen LogP contribution >= 0.6 is 0 Å². The number of carbonyl (C=O) groups is 1. The lowest BCUT2D eigenvalue weighted by Crippen LogP contribution is -2.59. The second kappa shape index (κ2) is 6.85. The normalized spacial score (nSPS) is 23.4. The third kappa shape index (κ3) is 4.28. The molecule has 2 atom stereocenters. The molecule has 3 rings (SSSR count). The zero-order chi connectivity index (χ0) is 20.0. The van der Waals surface area contributed by atoms with Crippen molar-refractivity contribution in [2.24, 2.45) is 0 Å². The maximum atomic E-state index is 13.0. The van der Waals surface area contributed by atoms with Crippen LogP contribution in [0.5, 0.6) is 0 Å². The van der Waals surface area contributed by atoms with Crippen LogP contribution in [0.3, 0.4) is 0 Å². The fourth-order valence-electron chi connectivity index (χ4n) is 3.32. The van der Waals surface area contributed by atoms with Gasteiger partial charge in [-0.15, -0.1) is 0 Å². The Labute approximate surface area is 156 Å². The summed E-state index contributed by atoms with van der Waals surface area (Å²) >= 11 is 0. The minimum atomic E-state index is -4.45. The number of piperazine rings is 1. The lowest BCUT2D eigenvalue weighted by Gasteiger charge is -2.43. The van der Waals surface area contributed by atoms with Gasteiger partial charge in [0.1, 0.15) is 11.4 Å². The Morgan fingerprint density at radius 3 is 2.63 bits per heavy atom. The Kier molecular flexibility index (Phi) is 5.00. The first kappa shape index (κ1) is 19.7. The van der Waals surface area contributed by atoms with Gasteiger partial charge in [-0.05, 0) is 33.8 Å². The van der Waals surface area contributed by atoms with Crippen molar-refractivity contribution in [3.63, 3.8) is 0 Å². The molecule has 1 aromatic heterocycles. The van der Waals surface area contributed by atoms with Crippen molar-refractivity contribution < 1.29 is 27.4 Å². The molecule has 0 saturated carbocycles. The first-order chi connectivity index (χ1) is 12.5. The first-order valence-electron chi connectivity index (χ1n) is 8.88. The van der Waals surface area contributed by atoms with E-state index in [9.17, 15) is 18.0 Å². The van der Waals surface area contributed by atoms with Crippen molar-refractivity contribution in [3.8, 4) is 0 Å². The average molecular weight is 387 g/mol. The number of alkyl halides is 3. The lowest BCUT2D eigenvalue weighted by atomic mass is 10.1. The minimum Gasteiger partial charge on any atom is -0.444 e. The molecule has 0 aliphatic carbocycles. The van der Waals surface area contributed by atoms with Crippen LogP contribution in [0.15, 0.2) is 12.3 Å². The Morgan fingerprint density at radius 1 is 1.30 bits per heavy atom. The fourth-order valence-corrected chi connectivity index (χ4v) is 3.32. The van der Waals surface area contributed by atoms with Crippen molar-refractivity contribution in [2.75, 3.05) is 24.5 Å². The van der Waals surface area contributed by atoms with E-state index in [2.05, 4.69) is 4.98 Å². The summed E-state index contributed by atoms with van der Waals surface area (Å²) in [7, 11) is 0. The topological polar surface area (TPSA) is 54.9 Å². The van der Waals surface area contributed by atoms with Gasteiger partial charge < -0.3 is 19.3 Å². The molecule has 1 amide bonds. The second-order valence-electron chi connectivity index (χ2n) is 7.91. The van der Waals surface area contributed by atoms with Crippen LogP contribution < -0.4 is 4.90 Å². The first-order valence-corrected chi connectivity index (χ1v) is 8.88. The van der Waals surface area contributed by atoms with Gasteiger partial charge in [-0.1, -0.05) is 0 Å². The number of ether oxygens (including phenoxy) is 2. The zero-order valence-corrected chi connectivity index (χ0v) is 15.8. The number of nitrogens with zero attached hydrogens (tertiary/aromatic N) is 3. The number of aromatic nitrogens is 1. The molecule has 1 saturated heterocycles. The predicted molar refractivity (Wildman–Crippen MR) is 92.4 cm³/mol. The number of halogens is 3. The van der Waals surface area contributed by atoms with Crippen molar-refractivity contribution in [3.05, 3.63) is 23.4 Å². The quantitative estimate of drug-likeness (QED) is 0.683. The number of amides is 1. The standard InChI is InChI=1S/C18H24F3N3O3/c1-11-14-9-23(16(25)27-17(2,3)4)5-6-24(14)15-12(10-26-11)7-13(8-22-15)18(19,20)21/h7-8,11,14H,5-6,9-10H2,1-4H3/t11-,14-/m1/s1. The summed E-state index contributed by atoms with van der Waals surface area (Å²) in [5, 5.41) is 0.